The Bertz CT molecular complexity index is 800. The molecular weight excluding hydrogens is 381 g/mol. The molecule has 2 aromatic heterocycles. The SMILES string of the molecule is Cc1c(-c2ccc(C(=O)N3CCCC(CCCO)C3)s2)noc1C(F)(F)F. The van der Waals surface area contributed by atoms with E-state index in [1.165, 1.54) is 6.92 Å². The van der Waals surface area contributed by atoms with E-state index in [-0.39, 0.29) is 23.8 Å². The molecule has 0 aromatic carbocycles. The van der Waals surface area contributed by atoms with Crippen molar-refractivity contribution in [3.8, 4) is 10.6 Å². The van der Waals surface area contributed by atoms with Crippen LogP contribution in [-0.4, -0.2) is 40.8 Å². The van der Waals surface area contributed by atoms with E-state index in [0.29, 0.717) is 28.8 Å². The summed E-state index contributed by atoms with van der Waals surface area (Å²) in [6.07, 6.45) is -1.03. The first-order valence-electron chi connectivity index (χ1n) is 8.85. The minimum atomic E-state index is -4.59. The number of likely N-dealkylation sites (tertiary alicyclic amines) is 1. The molecule has 1 fully saturated rings. The largest absolute Gasteiger partial charge is 0.452 e. The first-order chi connectivity index (χ1) is 12.8. The Balaban J connectivity index is 1.74. The lowest BCUT2D eigenvalue weighted by atomic mass is 9.93. The molecule has 0 bridgehead atoms. The van der Waals surface area contributed by atoms with Crippen molar-refractivity contribution in [3.63, 3.8) is 0 Å². The highest BCUT2D eigenvalue weighted by atomic mass is 32.1. The van der Waals surface area contributed by atoms with E-state index in [4.69, 9.17) is 5.11 Å². The third-order valence-electron chi connectivity index (χ3n) is 4.81. The normalized spacial score (nSPS) is 18.1. The monoisotopic (exact) mass is 402 g/mol. The molecule has 1 saturated heterocycles. The molecule has 1 aliphatic heterocycles. The smallest absolute Gasteiger partial charge is 0.396 e. The zero-order valence-corrected chi connectivity index (χ0v) is 15.7. The molecule has 3 heterocycles. The number of amides is 1. The summed E-state index contributed by atoms with van der Waals surface area (Å²) in [5.74, 6) is -0.847. The molecule has 3 rings (SSSR count). The second-order valence-corrected chi connectivity index (χ2v) is 7.86. The van der Waals surface area contributed by atoms with Crippen molar-refractivity contribution in [1.29, 1.82) is 0 Å². The van der Waals surface area contributed by atoms with E-state index in [9.17, 15) is 18.0 Å². The van der Waals surface area contributed by atoms with Gasteiger partial charge in [0.15, 0.2) is 0 Å². The van der Waals surface area contributed by atoms with Gasteiger partial charge in [0, 0.05) is 25.3 Å². The second-order valence-electron chi connectivity index (χ2n) is 6.77. The Morgan fingerprint density at radius 3 is 2.89 bits per heavy atom. The van der Waals surface area contributed by atoms with Gasteiger partial charge < -0.3 is 14.5 Å². The standard InChI is InChI=1S/C18H21F3N2O3S/c1-11-15(22-26-16(11)18(19,20)21)13-6-7-14(27-13)17(25)23-8-2-4-12(10-23)5-3-9-24/h6-7,12,24H,2-5,8-10H2,1H3. The van der Waals surface area contributed by atoms with Crippen LogP contribution in [0.5, 0.6) is 0 Å². The first kappa shape index (κ1) is 19.9. The van der Waals surface area contributed by atoms with Crippen LogP contribution in [0.3, 0.4) is 0 Å². The van der Waals surface area contributed by atoms with E-state index < -0.39 is 11.9 Å². The quantitative estimate of drug-likeness (QED) is 0.807. The lowest BCUT2D eigenvalue weighted by Crippen LogP contribution is -2.39. The number of hydrogen-bond acceptors (Lipinski definition) is 5. The number of thiophene rings is 1. The van der Waals surface area contributed by atoms with Crippen molar-refractivity contribution in [1.82, 2.24) is 10.1 Å². The zero-order chi connectivity index (χ0) is 19.6. The van der Waals surface area contributed by atoms with Crippen molar-refractivity contribution in [2.75, 3.05) is 19.7 Å². The van der Waals surface area contributed by atoms with Crippen LogP contribution >= 0.6 is 11.3 Å². The van der Waals surface area contributed by atoms with Crippen molar-refractivity contribution in [2.45, 2.75) is 38.8 Å². The van der Waals surface area contributed by atoms with Crippen LogP contribution in [0.25, 0.3) is 10.6 Å². The fraction of sp³-hybridized carbons (Fsp3) is 0.556. The Labute approximate surface area is 158 Å². The molecule has 1 amide bonds. The molecule has 0 aliphatic carbocycles. The lowest BCUT2D eigenvalue weighted by Gasteiger charge is -2.32. The van der Waals surface area contributed by atoms with Gasteiger partial charge in [-0.3, -0.25) is 4.79 Å². The minimum Gasteiger partial charge on any atom is -0.396 e. The number of piperidine rings is 1. The number of aromatic nitrogens is 1. The minimum absolute atomic E-state index is 0.0783. The topological polar surface area (TPSA) is 66.6 Å². The molecular formula is C18H21F3N2O3S. The number of hydrogen-bond donors (Lipinski definition) is 1. The molecule has 1 atom stereocenters. The molecule has 0 saturated carbocycles. The molecule has 1 unspecified atom stereocenters. The molecule has 148 valence electrons. The van der Waals surface area contributed by atoms with Gasteiger partial charge in [0.1, 0.15) is 5.69 Å². The van der Waals surface area contributed by atoms with Gasteiger partial charge in [-0.25, -0.2) is 0 Å². The fourth-order valence-electron chi connectivity index (χ4n) is 3.43. The van der Waals surface area contributed by atoms with E-state index in [2.05, 4.69) is 9.68 Å². The Hall–Kier alpha value is -1.87. The molecule has 1 aliphatic rings. The highest BCUT2D eigenvalue weighted by Crippen LogP contribution is 2.38. The van der Waals surface area contributed by atoms with E-state index in [1.54, 1.807) is 17.0 Å². The summed E-state index contributed by atoms with van der Waals surface area (Å²) in [6, 6.07) is 3.23. The Morgan fingerprint density at radius 2 is 2.22 bits per heavy atom. The van der Waals surface area contributed by atoms with Crippen molar-refractivity contribution in [2.24, 2.45) is 5.92 Å². The molecule has 0 radical (unpaired) electrons. The average Bonchev–Trinajstić information content (AvgIpc) is 3.25. The predicted octanol–water partition coefficient (Wildman–Crippen LogP) is 4.36. The molecule has 9 heteroatoms. The summed E-state index contributed by atoms with van der Waals surface area (Å²) in [4.78, 5) is 15.5. The van der Waals surface area contributed by atoms with Crippen molar-refractivity contribution in [3.05, 3.63) is 28.3 Å². The van der Waals surface area contributed by atoms with Crippen LogP contribution < -0.4 is 0 Å². The van der Waals surface area contributed by atoms with Gasteiger partial charge in [-0.1, -0.05) is 5.16 Å². The second kappa shape index (κ2) is 8.02. The van der Waals surface area contributed by atoms with E-state index in [1.807, 2.05) is 0 Å². The van der Waals surface area contributed by atoms with Crippen molar-refractivity contribution < 1.29 is 27.6 Å². The highest BCUT2D eigenvalue weighted by Gasteiger charge is 2.39. The zero-order valence-electron chi connectivity index (χ0n) is 14.9. The third kappa shape index (κ3) is 4.35. The van der Waals surface area contributed by atoms with Gasteiger partial charge >= 0.3 is 6.18 Å². The lowest BCUT2D eigenvalue weighted by molar-refractivity contribution is -0.156. The summed E-state index contributed by atoms with van der Waals surface area (Å²) in [6.45, 7) is 2.78. The first-order valence-corrected chi connectivity index (χ1v) is 9.66. The number of carbonyl (C=O) groups excluding carboxylic acids is 1. The molecule has 1 N–H and O–H groups in total. The van der Waals surface area contributed by atoms with Gasteiger partial charge in [0.25, 0.3) is 5.91 Å². The molecule has 2 aromatic rings. The maximum atomic E-state index is 12.9. The van der Waals surface area contributed by atoms with Gasteiger partial charge in [-0.15, -0.1) is 11.3 Å². The molecule has 5 nitrogen and oxygen atoms in total. The van der Waals surface area contributed by atoms with Gasteiger partial charge in [-0.2, -0.15) is 13.2 Å². The average molecular weight is 402 g/mol. The number of nitrogens with zero attached hydrogens (tertiary/aromatic N) is 2. The number of carbonyl (C=O) groups is 1. The number of aliphatic hydroxyl groups excluding tert-OH is 1. The Morgan fingerprint density at radius 1 is 1.44 bits per heavy atom. The van der Waals surface area contributed by atoms with Gasteiger partial charge in [-0.05, 0) is 50.7 Å². The van der Waals surface area contributed by atoms with Crippen LogP contribution in [0.2, 0.25) is 0 Å². The maximum absolute atomic E-state index is 12.9. The summed E-state index contributed by atoms with van der Waals surface area (Å²) < 4.78 is 43.1. The van der Waals surface area contributed by atoms with Crippen LogP contribution in [0, 0.1) is 12.8 Å². The highest BCUT2D eigenvalue weighted by molar-refractivity contribution is 7.17. The predicted molar refractivity (Wildman–Crippen MR) is 94.5 cm³/mol. The summed E-state index contributed by atoms with van der Waals surface area (Å²) in [7, 11) is 0. The van der Waals surface area contributed by atoms with Gasteiger partial charge in [0.05, 0.1) is 9.75 Å². The summed E-state index contributed by atoms with van der Waals surface area (Å²) in [5, 5.41) is 12.5. The van der Waals surface area contributed by atoms with Crippen LogP contribution in [0.15, 0.2) is 16.7 Å². The third-order valence-corrected chi connectivity index (χ3v) is 5.89. The fourth-order valence-corrected chi connectivity index (χ4v) is 4.44. The number of rotatable bonds is 5. The van der Waals surface area contributed by atoms with Gasteiger partial charge in [0.2, 0.25) is 5.76 Å². The molecule has 0 spiro atoms. The van der Waals surface area contributed by atoms with Crippen LogP contribution in [0.4, 0.5) is 13.2 Å². The van der Waals surface area contributed by atoms with Crippen LogP contribution in [0.1, 0.15) is 46.7 Å². The van der Waals surface area contributed by atoms with Crippen molar-refractivity contribution >= 4 is 17.2 Å². The molecule has 27 heavy (non-hydrogen) atoms. The van der Waals surface area contributed by atoms with E-state index in [0.717, 1.165) is 37.0 Å². The Kier molecular flexibility index (Phi) is 5.90. The number of aliphatic hydroxyl groups is 1. The van der Waals surface area contributed by atoms with E-state index >= 15 is 0 Å². The van der Waals surface area contributed by atoms with Crippen LogP contribution in [-0.2, 0) is 6.18 Å². The number of alkyl halides is 3. The summed E-state index contributed by atoms with van der Waals surface area (Å²) in [5.41, 5.74) is 0.0382. The number of halogens is 3. The summed E-state index contributed by atoms with van der Waals surface area (Å²) >= 11 is 1.12. The maximum Gasteiger partial charge on any atom is 0.452 e.